The average Bonchev–Trinajstić information content (AvgIpc) is 2.33. The van der Waals surface area contributed by atoms with Gasteiger partial charge in [-0.1, -0.05) is 13.3 Å². The number of unbranched alkanes of at least 4 members (excludes halogenated alkanes) is 1. The maximum atomic E-state index is 11.5. The zero-order valence-corrected chi connectivity index (χ0v) is 13.3. The molecule has 0 atom stereocenters. The fourth-order valence-electron chi connectivity index (χ4n) is 1.45. The zero-order chi connectivity index (χ0) is 15.4. The van der Waals surface area contributed by atoms with Gasteiger partial charge in [0, 0.05) is 26.2 Å². The van der Waals surface area contributed by atoms with E-state index >= 15 is 0 Å². The van der Waals surface area contributed by atoms with Crippen molar-refractivity contribution in [3.63, 3.8) is 0 Å². The zero-order valence-electron chi connectivity index (χ0n) is 13.3. The van der Waals surface area contributed by atoms with E-state index in [-0.39, 0.29) is 24.7 Å². The van der Waals surface area contributed by atoms with E-state index in [1.54, 1.807) is 0 Å². The van der Waals surface area contributed by atoms with E-state index in [2.05, 4.69) is 12.2 Å². The number of nitrogens with one attached hydrogen (secondary N) is 1. The van der Waals surface area contributed by atoms with Crippen molar-refractivity contribution in [2.45, 2.75) is 65.4 Å². The summed E-state index contributed by atoms with van der Waals surface area (Å²) >= 11 is 0. The molecule has 1 amide bonds. The molecule has 0 saturated heterocycles. The first-order valence-corrected chi connectivity index (χ1v) is 7.41. The number of esters is 1. The third-order valence-electron chi connectivity index (χ3n) is 2.41. The molecule has 0 spiro atoms. The van der Waals surface area contributed by atoms with E-state index in [4.69, 9.17) is 9.47 Å². The van der Waals surface area contributed by atoms with Crippen LogP contribution >= 0.6 is 0 Å². The summed E-state index contributed by atoms with van der Waals surface area (Å²) < 4.78 is 10.5. The maximum absolute atomic E-state index is 11.5. The standard InChI is InChI=1S/C15H29NO4/c1-5-6-11-19-12-7-10-16-13(17)8-9-14(18)20-15(2,3)4/h5-12H2,1-4H3,(H,16,17). The SMILES string of the molecule is CCCCOCCCNC(=O)CCC(=O)OC(C)(C)C. The van der Waals surface area contributed by atoms with Crippen molar-refractivity contribution in [2.24, 2.45) is 0 Å². The molecule has 0 bridgehead atoms. The van der Waals surface area contributed by atoms with Crippen molar-refractivity contribution < 1.29 is 19.1 Å². The van der Waals surface area contributed by atoms with Crippen LogP contribution in [0, 0.1) is 0 Å². The summed E-state index contributed by atoms with van der Waals surface area (Å²) in [6.45, 7) is 9.57. The van der Waals surface area contributed by atoms with Gasteiger partial charge >= 0.3 is 5.97 Å². The first kappa shape index (κ1) is 18.9. The molecule has 1 N–H and O–H groups in total. The Hall–Kier alpha value is -1.10. The molecule has 0 aromatic heterocycles. The molecule has 0 radical (unpaired) electrons. The summed E-state index contributed by atoms with van der Waals surface area (Å²) in [5, 5.41) is 2.77. The van der Waals surface area contributed by atoms with Crippen LogP contribution in [0.1, 0.15) is 59.8 Å². The lowest BCUT2D eigenvalue weighted by atomic mass is 10.2. The molecule has 0 aromatic rings. The lowest BCUT2D eigenvalue weighted by Crippen LogP contribution is -2.28. The third kappa shape index (κ3) is 13.3. The monoisotopic (exact) mass is 287 g/mol. The highest BCUT2D eigenvalue weighted by molar-refractivity contribution is 5.81. The summed E-state index contributed by atoms with van der Waals surface area (Å²) in [6.07, 6.45) is 3.28. The van der Waals surface area contributed by atoms with Gasteiger partial charge in [0.15, 0.2) is 0 Å². The highest BCUT2D eigenvalue weighted by atomic mass is 16.6. The van der Waals surface area contributed by atoms with Crippen LogP contribution in [0.2, 0.25) is 0 Å². The van der Waals surface area contributed by atoms with Gasteiger partial charge in [-0.25, -0.2) is 0 Å². The normalized spacial score (nSPS) is 11.2. The summed E-state index contributed by atoms with van der Waals surface area (Å²) in [4.78, 5) is 22.9. The number of hydrogen-bond acceptors (Lipinski definition) is 4. The minimum absolute atomic E-state index is 0.121. The topological polar surface area (TPSA) is 64.6 Å². The Morgan fingerprint density at radius 2 is 1.70 bits per heavy atom. The minimum Gasteiger partial charge on any atom is -0.460 e. The van der Waals surface area contributed by atoms with Crippen molar-refractivity contribution >= 4 is 11.9 Å². The second kappa shape index (κ2) is 10.7. The Labute approximate surface area is 122 Å². The Morgan fingerprint density at radius 3 is 2.30 bits per heavy atom. The van der Waals surface area contributed by atoms with Crippen LogP contribution in [-0.4, -0.2) is 37.2 Å². The molecule has 118 valence electrons. The summed E-state index contributed by atoms with van der Waals surface area (Å²) in [5.41, 5.74) is -0.497. The molecule has 0 fully saturated rings. The Balaban J connectivity index is 3.48. The number of carbonyl (C=O) groups is 2. The van der Waals surface area contributed by atoms with Gasteiger partial charge in [-0.2, -0.15) is 0 Å². The lowest BCUT2D eigenvalue weighted by Gasteiger charge is -2.19. The number of rotatable bonds is 10. The van der Waals surface area contributed by atoms with Crippen LogP contribution in [0.4, 0.5) is 0 Å². The largest absolute Gasteiger partial charge is 0.460 e. The highest BCUT2D eigenvalue weighted by Crippen LogP contribution is 2.08. The van der Waals surface area contributed by atoms with Gasteiger partial charge in [0.25, 0.3) is 0 Å². The second-order valence-corrected chi connectivity index (χ2v) is 5.76. The van der Waals surface area contributed by atoms with Gasteiger partial charge in [-0.3, -0.25) is 9.59 Å². The van der Waals surface area contributed by atoms with Crippen LogP contribution in [0.15, 0.2) is 0 Å². The Morgan fingerprint density at radius 1 is 1.05 bits per heavy atom. The summed E-state index contributed by atoms with van der Waals surface area (Å²) in [5.74, 6) is -0.458. The molecular weight excluding hydrogens is 258 g/mol. The molecule has 0 unspecified atom stereocenters. The van der Waals surface area contributed by atoms with Crippen molar-refractivity contribution in [3.8, 4) is 0 Å². The van der Waals surface area contributed by atoms with Gasteiger partial charge in [-0.05, 0) is 33.6 Å². The smallest absolute Gasteiger partial charge is 0.306 e. The van der Waals surface area contributed by atoms with E-state index in [0.717, 1.165) is 25.9 Å². The number of ether oxygens (including phenoxy) is 2. The van der Waals surface area contributed by atoms with Gasteiger partial charge in [0.05, 0.1) is 6.42 Å². The van der Waals surface area contributed by atoms with Gasteiger partial charge in [0.1, 0.15) is 5.60 Å². The van der Waals surface area contributed by atoms with Crippen molar-refractivity contribution in [3.05, 3.63) is 0 Å². The van der Waals surface area contributed by atoms with Gasteiger partial charge in [0.2, 0.25) is 5.91 Å². The second-order valence-electron chi connectivity index (χ2n) is 5.76. The number of hydrogen-bond donors (Lipinski definition) is 1. The minimum atomic E-state index is -0.497. The van der Waals surface area contributed by atoms with Gasteiger partial charge < -0.3 is 14.8 Å². The molecule has 5 heteroatoms. The van der Waals surface area contributed by atoms with E-state index in [1.807, 2.05) is 20.8 Å². The Bertz CT molecular complexity index is 284. The molecule has 0 rings (SSSR count). The van der Waals surface area contributed by atoms with E-state index in [9.17, 15) is 9.59 Å². The average molecular weight is 287 g/mol. The van der Waals surface area contributed by atoms with Crippen molar-refractivity contribution in [2.75, 3.05) is 19.8 Å². The number of carbonyl (C=O) groups excluding carboxylic acids is 2. The van der Waals surface area contributed by atoms with E-state index in [1.165, 1.54) is 0 Å². The quantitative estimate of drug-likeness (QED) is 0.495. The highest BCUT2D eigenvalue weighted by Gasteiger charge is 2.16. The third-order valence-corrected chi connectivity index (χ3v) is 2.41. The van der Waals surface area contributed by atoms with Crippen LogP contribution in [0.25, 0.3) is 0 Å². The predicted octanol–water partition coefficient (Wildman–Crippen LogP) is 2.43. The van der Waals surface area contributed by atoms with Crippen LogP contribution in [0.3, 0.4) is 0 Å². The fourth-order valence-corrected chi connectivity index (χ4v) is 1.45. The molecule has 0 aromatic carbocycles. The predicted molar refractivity (Wildman–Crippen MR) is 78.4 cm³/mol. The molecule has 0 heterocycles. The van der Waals surface area contributed by atoms with Crippen molar-refractivity contribution in [1.29, 1.82) is 0 Å². The molecule has 0 aliphatic heterocycles. The van der Waals surface area contributed by atoms with Gasteiger partial charge in [-0.15, -0.1) is 0 Å². The first-order valence-electron chi connectivity index (χ1n) is 7.41. The van der Waals surface area contributed by atoms with Crippen LogP contribution in [0.5, 0.6) is 0 Å². The summed E-state index contributed by atoms with van der Waals surface area (Å²) in [6, 6.07) is 0. The molecule has 0 aliphatic carbocycles. The molecular formula is C15H29NO4. The number of amides is 1. The molecule has 0 saturated carbocycles. The summed E-state index contributed by atoms with van der Waals surface area (Å²) in [7, 11) is 0. The van der Waals surface area contributed by atoms with E-state index in [0.29, 0.717) is 13.2 Å². The molecule has 0 aliphatic rings. The van der Waals surface area contributed by atoms with Crippen LogP contribution < -0.4 is 5.32 Å². The maximum Gasteiger partial charge on any atom is 0.306 e. The fraction of sp³-hybridized carbons (Fsp3) is 0.867. The van der Waals surface area contributed by atoms with Crippen LogP contribution in [-0.2, 0) is 19.1 Å². The molecule has 20 heavy (non-hydrogen) atoms. The molecule has 5 nitrogen and oxygen atoms in total. The lowest BCUT2D eigenvalue weighted by molar-refractivity contribution is -0.155. The van der Waals surface area contributed by atoms with Crippen molar-refractivity contribution in [1.82, 2.24) is 5.32 Å². The first-order chi connectivity index (χ1) is 9.35. The van der Waals surface area contributed by atoms with E-state index < -0.39 is 5.60 Å². The Kier molecular flexibility index (Phi) is 10.1.